The molecule has 8 heteroatoms. The molecule has 0 heterocycles. The monoisotopic (exact) mass is 353 g/mol. The van der Waals surface area contributed by atoms with E-state index < -0.39 is 21.8 Å². The zero-order valence-corrected chi connectivity index (χ0v) is 12.5. The average molecular weight is 354 g/mol. The van der Waals surface area contributed by atoms with Crippen LogP contribution in [0.4, 0.5) is 4.39 Å². The van der Waals surface area contributed by atoms with E-state index in [0.29, 0.717) is 0 Å². The first-order chi connectivity index (χ1) is 8.78. The fourth-order valence-corrected chi connectivity index (χ4v) is 3.16. The van der Waals surface area contributed by atoms with Crippen molar-refractivity contribution in [1.82, 2.24) is 4.31 Å². The number of hydrogen-bond donors (Lipinski definition) is 1. The largest absolute Gasteiger partial charge is 0.481 e. The lowest BCUT2D eigenvalue weighted by molar-refractivity contribution is -0.137. The number of aliphatic carboxylic acids is 1. The summed E-state index contributed by atoms with van der Waals surface area (Å²) < 4.78 is 38.9. The molecule has 19 heavy (non-hydrogen) atoms. The summed E-state index contributed by atoms with van der Waals surface area (Å²) in [6.07, 6.45) is -0.300. The van der Waals surface area contributed by atoms with Gasteiger partial charge in [-0.2, -0.15) is 4.31 Å². The highest BCUT2D eigenvalue weighted by molar-refractivity contribution is 9.10. The molecule has 1 aromatic rings. The summed E-state index contributed by atoms with van der Waals surface area (Å²) in [5.41, 5.74) is 0. The molecule has 1 rings (SSSR count). The van der Waals surface area contributed by atoms with E-state index in [0.717, 1.165) is 10.4 Å². The predicted octanol–water partition coefficient (Wildman–Crippen LogP) is 2.07. The van der Waals surface area contributed by atoms with Crippen LogP contribution in [0.15, 0.2) is 27.6 Å². The summed E-state index contributed by atoms with van der Waals surface area (Å²) in [7, 11) is -3.88. The SMILES string of the molecule is CCN(CCC(=O)O)S(=O)(=O)c1ccc(Br)c(F)c1. The lowest BCUT2D eigenvalue weighted by Gasteiger charge is -2.19. The summed E-state index contributed by atoms with van der Waals surface area (Å²) in [5, 5.41) is 8.59. The van der Waals surface area contributed by atoms with Gasteiger partial charge in [-0.1, -0.05) is 6.92 Å². The number of rotatable bonds is 6. The van der Waals surface area contributed by atoms with E-state index >= 15 is 0 Å². The summed E-state index contributed by atoms with van der Waals surface area (Å²) in [6, 6.07) is 3.47. The maximum atomic E-state index is 13.4. The van der Waals surface area contributed by atoms with Crippen LogP contribution in [-0.2, 0) is 14.8 Å². The van der Waals surface area contributed by atoms with E-state index in [1.165, 1.54) is 12.1 Å². The molecule has 0 aliphatic heterocycles. The third-order valence-electron chi connectivity index (χ3n) is 2.46. The van der Waals surface area contributed by atoms with Gasteiger partial charge in [0.1, 0.15) is 5.82 Å². The molecule has 0 unspecified atom stereocenters. The third-order valence-corrected chi connectivity index (χ3v) is 5.07. The van der Waals surface area contributed by atoms with Crippen LogP contribution in [-0.4, -0.2) is 36.9 Å². The van der Waals surface area contributed by atoms with Crippen LogP contribution in [0.25, 0.3) is 0 Å². The van der Waals surface area contributed by atoms with Gasteiger partial charge in [-0.05, 0) is 34.1 Å². The lowest BCUT2D eigenvalue weighted by Crippen LogP contribution is -2.33. The molecule has 0 saturated carbocycles. The van der Waals surface area contributed by atoms with Gasteiger partial charge in [-0.25, -0.2) is 12.8 Å². The Balaban J connectivity index is 3.06. The van der Waals surface area contributed by atoms with Crippen molar-refractivity contribution in [1.29, 1.82) is 0 Å². The van der Waals surface area contributed by atoms with Crippen molar-refractivity contribution in [2.75, 3.05) is 13.1 Å². The summed E-state index contributed by atoms with van der Waals surface area (Å²) in [4.78, 5) is 10.3. The van der Waals surface area contributed by atoms with Gasteiger partial charge >= 0.3 is 5.97 Å². The topological polar surface area (TPSA) is 74.7 Å². The van der Waals surface area contributed by atoms with Crippen LogP contribution in [0.2, 0.25) is 0 Å². The van der Waals surface area contributed by atoms with Crippen LogP contribution < -0.4 is 0 Å². The third kappa shape index (κ3) is 3.99. The Labute approximate surface area is 119 Å². The minimum Gasteiger partial charge on any atom is -0.481 e. The molecule has 0 saturated heterocycles. The minimum atomic E-state index is -3.88. The van der Waals surface area contributed by atoms with Crippen molar-refractivity contribution in [3.8, 4) is 0 Å². The molecule has 0 aliphatic rings. The minimum absolute atomic E-state index is 0.118. The molecule has 0 bridgehead atoms. The number of sulfonamides is 1. The summed E-state index contributed by atoms with van der Waals surface area (Å²) in [6.45, 7) is 1.56. The number of carboxylic acid groups (broad SMARTS) is 1. The number of carboxylic acids is 1. The summed E-state index contributed by atoms with van der Waals surface area (Å²) in [5.74, 6) is -1.77. The van der Waals surface area contributed by atoms with E-state index in [9.17, 15) is 17.6 Å². The quantitative estimate of drug-likeness (QED) is 0.849. The van der Waals surface area contributed by atoms with Gasteiger partial charge in [0, 0.05) is 13.1 Å². The standard InChI is InChI=1S/C11H13BrFNO4S/c1-2-14(6-5-11(15)16)19(17,18)8-3-4-9(12)10(13)7-8/h3-4,7H,2,5-6H2,1H3,(H,15,16). The molecule has 5 nitrogen and oxygen atoms in total. The molecule has 0 fully saturated rings. The van der Waals surface area contributed by atoms with Crippen LogP contribution in [0, 0.1) is 5.82 Å². The molecule has 1 N–H and O–H groups in total. The second kappa shape index (κ2) is 6.44. The number of hydrogen-bond acceptors (Lipinski definition) is 3. The van der Waals surface area contributed by atoms with Gasteiger partial charge in [-0.3, -0.25) is 4.79 Å². The Morgan fingerprint density at radius 1 is 1.47 bits per heavy atom. The Morgan fingerprint density at radius 2 is 2.11 bits per heavy atom. The van der Waals surface area contributed by atoms with Crippen molar-refractivity contribution < 1.29 is 22.7 Å². The van der Waals surface area contributed by atoms with Crippen LogP contribution in [0.3, 0.4) is 0 Å². The molecule has 0 radical (unpaired) electrons. The van der Waals surface area contributed by atoms with Gasteiger partial charge in [0.25, 0.3) is 0 Å². The fraction of sp³-hybridized carbons (Fsp3) is 0.364. The Morgan fingerprint density at radius 3 is 2.58 bits per heavy atom. The lowest BCUT2D eigenvalue weighted by atomic mass is 10.3. The first-order valence-electron chi connectivity index (χ1n) is 5.46. The van der Waals surface area contributed by atoms with E-state index in [2.05, 4.69) is 15.9 Å². The predicted molar refractivity (Wildman–Crippen MR) is 70.8 cm³/mol. The zero-order valence-electron chi connectivity index (χ0n) is 10.1. The molecule has 0 spiro atoms. The van der Waals surface area contributed by atoms with Crippen molar-refractivity contribution in [2.45, 2.75) is 18.2 Å². The van der Waals surface area contributed by atoms with Gasteiger partial charge in [0.05, 0.1) is 15.8 Å². The van der Waals surface area contributed by atoms with Crippen LogP contribution >= 0.6 is 15.9 Å². The highest BCUT2D eigenvalue weighted by Crippen LogP contribution is 2.22. The first kappa shape index (κ1) is 16.1. The zero-order chi connectivity index (χ0) is 14.6. The van der Waals surface area contributed by atoms with Crippen molar-refractivity contribution in [2.24, 2.45) is 0 Å². The number of halogens is 2. The summed E-state index contributed by atoms with van der Waals surface area (Å²) >= 11 is 2.94. The van der Waals surface area contributed by atoms with E-state index in [-0.39, 0.29) is 28.9 Å². The Hall–Kier alpha value is -0.990. The second-order valence-electron chi connectivity index (χ2n) is 3.72. The van der Waals surface area contributed by atoms with Gasteiger partial charge < -0.3 is 5.11 Å². The molecule has 0 amide bonds. The fourth-order valence-electron chi connectivity index (χ4n) is 1.45. The maximum absolute atomic E-state index is 13.4. The molecule has 106 valence electrons. The van der Waals surface area contributed by atoms with Crippen molar-refractivity contribution >= 4 is 31.9 Å². The number of nitrogens with zero attached hydrogens (tertiary/aromatic N) is 1. The maximum Gasteiger partial charge on any atom is 0.304 e. The molecule has 0 atom stereocenters. The highest BCUT2D eigenvalue weighted by Gasteiger charge is 2.24. The van der Waals surface area contributed by atoms with Gasteiger partial charge in [-0.15, -0.1) is 0 Å². The number of carbonyl (C=O) groups is 1. The van der Waals surface area contributed by atoms with Crippen molar-refractivity contribution in [3.05, 3.63) is 28.5 Å². The van der Waals surface area contributed by atoms with Crippen molar-refractivity contribution in [3.63, 3.8) is 0 Å². The van der Waals surface area contributed by atoms with Gasteiger partial charge in [0.15, 0.2) is 0 Å². The molecule has 0 aliphatic carbocycles. The van der Waals surface area contributed by atoms with Gasteiger partial charge in [0.2, 0.25) is 10.0 Å². The Kier molecular flexibility index (Phi) is 5.45. The molecule has 1 aromatic carbocycles. The van der Waals surface area contributed by atoms with E-state index in [1.54, 1.807) is 6.92 Å². The normalized spacial score (nSPS) is 11.8. The first-order valence-corrected chi connectivity index (χ1v) is 7.69. The average Bonchev–Trinajstić information content (AvgIpc) is 2.32. The number of benzene rings is 1. The van der Waals surface area contributed by atoms with E-state index in [1.807, 2.05) is 0 Å². The van der Waals surface area contributed by atoms with E-state index in [4.69, 9.17) is 5.11 Å². The Bertz CT molecular complexity index is 576. The molecular formula is C11H13BrFNO4S. The smallest absolute Gasteiger partial charge is 0.304 e. The van der Waals surface area contributed by atoms with Crippen LogP contribution in [0.1, 0.15) is 13.3 Å². The molecular weight excluding hydrogens is 341 g/mol. The second-order valence-corrected chi connectivity index (χ2v) is 6.51. The molecule has 0 aromatic heterocycles. The highest BCUT2D eigenvalue weighted by atomic mass is 79.9. The van der Waals surface area contributed by atoms with Crippen LogP contribution in [0.5, 0.6) is 0 Å².